The summed E-state index contributed by atoms with van der Waals surface area (Å²) in [7, 11) is 0. The van der Waals surface area contributed by atoms with E-state index in [1.165, 1.54) is 193 Å². The monoisotopic (exact) mass is 636 g/mol. The molecule has 0 saturated carbocycles. The molecular weight excluding hydrogens is 560 g/mol. The van der Waals surface area contributed by atoms with Crippen LogP contribution in [0.1, 0.15) is 219 Å². The van der Waals surface area contributed by atoms with Gasteiger partial charge in [0.1, 0.15) is 0 Å². The summed E-state index contributed by atoms with van der Waals surface area (Å²) in [6, 6.07) is 0. The summed E-state index contributed by atoms with van der Waals surface area (Å²) in [6.45, 7) is 4.62. The van der Waals surface area contributed by atoms with Crippen LogP contribution < -0.4 is 0 Å². The Bertz CT molecular complexity index is 332. The third-order valence-corrected chi connectivity index (χ3v) is 11.6. The first-order chi connectivity index (χ1) is 18.4. The Kier molecular flexibility index (Phi) is 37.6. The van der Waals surface area contributed by atoms with Gasteiger partial charge in [0.25, 0.3) is 0 Å². The zero-order chi connectivity index (χ0) is 26.7. The Labute approximate surface area is 248 Å². The molecule has 0 radical (unpaired) electrons. The smallest absolute Gasteiger partial charge is 0.0654 e. The van der Waals surface area contributed by atoms with E-state index in [2.05, 4.69) is 13.8 Å². The van der Waals surface area contributed by atoms with Gasteiger partial charge in [0, 0.05) is 0 Å². The van der Waals surface area contributed by atoms with Crippen LogP contribution >= 0.6 is 0 Å². The van der Waals surface area contributed by atoms with Crippen LogP contribution in [0.5, 0.6) is 0 Å². The summed E-state index contributed by atoms with van der Waals surface area (Å²) >= 11 is 0.360. The molecule has 0 amide bonds. The van der Waals surface area contributed by atoms with E-state index in [9.17, 15) is 0 Å². The zero-order valence-electron chi connectivity index (χ0n) is 26.4. The molecule has 0 aromatic rings. The van der Waals surface area contributed by atoms with Gasteiger partial charge in [-0.2, -0.15) is 0 Å². The summed E-state index contributed by atoms with van der Waals surface area (Å²) < 4.78 is 3.25. The Balaban J connectivity index is 3.00. The van der Waals surface area contributed by atoms with Crippen molar-refractivity contribution in [1.29, 1.82) is 0 Å². The number of hydrogen-bond donors (Lipinski definition) is 0. The van der Waals surface area contributed by atoms with Crippen molar-refractivity contribution in [3.63, 3.8) is 0 Å². The van der Waals surface area contributed by atoms with Crippen molar-refractivity contribution in [1.82, 2.24) is 0 Å². The van der Waals surface area contributed by atoms with Crippen LogP contribution in [0.15, 0.2) is 0 Å². The number of unbranched alkanes of at least 4 members (excludes halogenated alkanes) is 30. The standard InChI is InChI=1S/C36H74Te/c1-3-5-7-9-11-13-15-17-19-21-23-25-27-29-31-33-35-37-36-34-32-30-28-26-24-22-20-18-16-14-12-10-8-6-4-2/h3-36H2,1-2H3. The molecule has 0 fully saturated rings. The molecule has 0 aliphatic rings. The molecule has 0 unspecified atom stereocenters. The SMILES string of the molecule is CCCCCCCCCCCCCCCCCC[Te]CCCCCCCCCCCCCCCCCC. The van der Waals surface area contributed by atoms with E-state index in [1.54, 1.807) is 21.8 Å². The molecule has 0 rings (SSSR count). The Morgan fingerprint density at radius 3 is 0.568 bits per heavy atom. The first-order valence-corrected chi connectivity index (χ1v) is 21.3. The molecule has 0 saturated heterocycles. The Morgan fingerprint density at radius 2 is 0.378 bits per heavy atom. The van der Waals surface area contributed by atoms with Crippen LogP contribution in [0.2, 0.25) is 8.94 Å². The van der Waals surface area contributed by atoms with E-state index in [0.717, 1.165) is 0 Å². The van der Waals surface area contributed by atoms with Gasteiger partial charge in [-0.15, -0.1) is 0 Å². The molecule has 0 aliphatic heterocycles. The molecule has 0 N–H and O–H groups in total. The van der Waals surface area contributed by atoms with E-state index in [0.29, 0.717) is 20.9 Å². The van der Waals surface area contributed by atoms with Crippen molar-refractivity contribution in [3.8, 4) is 0 Å². The molecule has 0 spiro atoms. The summed E-state index contributed by atoms with van der Waals surface area (Å²) in [5.41, 5.74) is 0. The minimum absolute atomic E-state index is 0.360. The molecule has 0 aliphatic carbocycles. The fourth-order valence-electron chi connectivity index (χ4n) is 5.61. The minimum atomic E-state index is 0.360. The van der Waals surface area contributed by atoms with Gasteiger partial charge in [0.05, 0.1) is 0 Å². The van der Waals surface area contributed by atoms with Gasteiger partial charge in [-0.3, -0.25) is 0 Å². The van der Waals surface area contributed by atoms with E-state index in [1.807, 2.05) is 0 Å². The third kappa shape index (κ3) is 36.8. The maximum absolute atomic E-state index is 2.31. The van der Waals surface area contributed by atoms with Crippen molar-refractivity contribution in [2.24, 2.45) is 0 Å². The van der Waals surface area contributed by atoms with Gasteiger partial charge in [-0.1, -0.05) is 78.1 Å². The first-order valence-electron chi connectivity index (χ1n) is 18.0. The summed E-state index contributed by atoms with van der Waals surface area (Å²) in [5, 5.41) is 0. The van der Waals surface area contributed by atoms with Gasteiger partial charge >= 0.3 is 171 Å². The molecule has 0 aromatic carbocycles. The van der Waals surface area contributed by atoms with Crippen molar-refractivity contribution in [3.05, 3.63) is 0 Å². The van der Waals surface area contributed by atoms with Crippen LogP contribution in [0.3, 0.4) is 0 Å². The predicted molar refractivity (Wildman–Crippen MR) is 174 cm³/mol. The number of rotatable bonds is 34. The van der Waals surface area contributed by atoms with Gasteiger partial charge < -0.3 is 0 Å². The molecule has 0 aromatic heterocycles. The molecule has 0 atom stereocenters. The predicted octanol–water partition coefficient (Wildman–Crippen LogP) is 14.1. The van der Waals surface area contributed by atoms with Gasteiger partial charge in [0.2, 0.25) is 0 Å². The van der Waals surface area contributed by atoms with Gasteiger partial charge in [-0.05, 0) is 0 Å². The molecular formula is C36H74Te. The summed E-state index contributed by atoms with van der Waals surface area (Å²) in [5.74, 6) is 0. The van der Waals surface area contributed by atoms with Gasteiger partial charge in [-0.25, -0.2) is 0 Å². The average molecular weight is 635 g/mol. The maximum atomic E-state index is 2.31. The molecule has 0 heterocycles. The molecule has 224 valence electrons. The van der Waals surface area contributed by atoms with E-state index >= 15 is 0 Å². The third-order valence-electron chi connectivity index (χ3n) is 8.28. The van der Waals surface area contributed by atoms with Gasteiger partial charge in [0.15, 0.2) is 0 Å². The van der Waals surface area contributed by atoms with Crippen LogP contribution in [0.4, 0.5) is 0 Å². The average Bonchev–Trinajstić information content (AvgIpc) is 2.91. The van der Waals surface area contributed by atoms with Crippen molar-refractivity contribution in [2.45, 2.75) is 228 Å². The summed E-state index contributed by atoms with van der Waals surface area (Å²) in [4.78, 5) is 0. The second-order valence-electron chi connectivity index (χ2n) is 12.2. The minimum Gasteiger partial charge on any atom is -0.0654 e. The van der Waals surface area contributed by atoms with Crippen LogP contribution in [-0.4, -0.2) is 20.9 Å². The quantitative estimate of drug-likeness (QED) is 0.0488. The van der Waals surface area contributed by atoms with E-state index < -0.39 is 0 Å². The van der Waals surface area contributed by atoms with E-state index in [-0.39, 0.29) is 0 Å². The first kappa shape index (κ1) is 37.8. The Morgan fingerprint density at radius 1 is 0.216 bits per heavy atom. The van der Waals surface area contributed by atoms with Crippen LogP contribution in [0, 0.1) is 0 Å². The van der Waals surface area contributed by atoms with Crippen molar-refractivity contribution in [2.75, 3.05) is 0 Å². The van der Waals surface area contributed by atoms with Crippen molar-refractivity contribution >= 4 is 20.9 Å². The fourth-order valence-corrected chi connectivity index (χ4v) is 8.52. The Hall–Kier alpha value is 0.790. The second-order valence-corrected chi connectivity index (χ2v) is 15.7. The van der Waals surface area contributed by atoms with Crippen molar-refractivity contribution < 1.29 is 0 Å². The number of hydrogen-bond acceptors (Lipinski definition) is 0. The van der Waals surface area contributed by atoms with Crippen LogP contribution in [-0.2, 0) is 0 Å². The summed E-state index contributed by atoms with van der Waals surface area (Å²) in [6.07, 6.45) is 47.7. The molecule has 37 heavy (non-hydrogen) atoms. The van der Waals surface area contributed by atoms with Crippen LogP contribution in [0.25, 0.3) is 0 Å². The normalized spacial score (nSPS) is 11.5. The second kappa shape index (κ2) is 36.8. The van der Waals surface area contributed by atoms with E-state index in [4.69, 9.17) is 0 Å². The fraction of sp³-hybridized carbons (Fsp3) is 1.00. The zero-order valence-corrected chi connectivity index (χ0v) is 28.8. The molecule has 0 bridgehead atoms. The topological polar surface area (TPSA) is 0 Å². The molecule has 0 nitrogen and oxygen atoms in total. The molecule has 1 heteroatoms.